The molecule has 1 heterocycles. The van der Waals surface area contributed by atoms with Crippen molar-refractivity contribution in [2.75, 3.05) is 18.4 Å². The van der Waals surface area contributed by atoms with Crippen LogP contribution < -0.4 is 10.6 Å². The van der Waals surface area contributed by atoms with Crippen LogP contribution in [0.15, 0.2) is 12.1 Å². The second-order valence-corrected chi connectivity index (χ2v) is 5.31. The molecule has 2 N–H and O–H groups in total. The highest BCUT2D eigenvalue weighted by Gasteiger charge is 2.21. The third kappa shape index (κ3) is 3.95. The Balaban J connectivity index is 0.00000180. The van der Waals surface area contributed by atoms with Gasteiger partial charge in [0.1, 0.15) is 0 Å². The van der Waals surface area contributed by atoms with Crippen molar-refractivity contribution < 1.29 is 4.79 Å². The predicted octanol–water partition coefficient (Wildman–Crippen LogP) is 2.97. The van der Waals surface area contributed by atoms with Gasteiger partial charge in [0.25, 0.3) is 0 Å². The molecule has 1 amide bonds. The molecule has 0 aromatic heterocycles. The molecule has 19 heavy (non-hydrogen) atoms. The van der Waals surface area contributed by atoms with Crippen LogP contribution in [-0.4, -0.2) is 19.0 Å². The van der Waals surface area contributed by atoms with Gasteiger partial charge in [0, 0.05) is 12.2 Å². The Kier molecular flexibility index (Phi) is 5.83. The summed E-state index contributed by atoms with van der Waals surface area (Å²) in [5.74, 6) is 0.260. The van der Waals surface area contributed by atoms with Gasteiger partial charge in [-0.3, -0.25) is 4.79 Å². The Morgan fingerprint density at radius 3 is 2.42 bits per heavy atom. The van der Waals surface area contributed by atoms with E-state index < -0.39 is 0 Å². The normalized spacial score (nSPS) is 18.6. The number of halogens is 1. The van der Waals surface area contributed by atoms with Gasteiger partial charge in [-0.25, -0.2) is 0 Å². The van der Waals surface area contributed by atoms with Crippen molar-refractivity contribution in [3.63, 3.8) is 0 Å². The Morgan fingerprint density at radius 1 is 1.26 bits per heavy atom. The average molecular weight is 283 g/mol. The fourth-order valence-electron chi connectivity index (χ4n) is 2.68. The minimum absolute atomic E-state index is 0. The molecule has 2 rings (SSSR count). The number of nitrogens with one attached hydrogen (secondary N) is 2. The van der Waals surface area contributed by atoms with Gasteiger partial charge in [-0.1, -0.05) is 17.7 Å². The molecule has 1 aliphatic heterocycles. The van der Waals surface area contributed by atoms with E-state index in [1.165, 1.54) is 5.56 Å². The highest BCUT2D eigenvalue weighted by molar-refractivity contribution is 5.94. The third-order valence-electron chi connectivity index (χ3n) is 3.59. The lowest BCUT2D eigenvalue weighted by atomic mass is 9.98. The number of benzene rings is 1. The standard InChI is InChI=1S/C15H22N2O.ClH/c1-10-7-11(2)14(12(3)8-10)17-15(18)13-5-4-6-16-9-13;/h7-8,13,16H,4-6,9H2,1-3H3,(H,17,18);1H/t13-;/m1./s1. The summed E-state index contributed by atoms with van der Waals surface area (Å²) in [5, 5.41) is 6.38. The van der Waals surface area contributed by atoms with Crippen molar-refractivity contribution in [1.29, 1.82) is 0 Å². The Hall–Kier alpha value is -1.06. The van der Waals surface area contributed by atoms with E-state index in [2.05, 4.69) is 43.5 Å². The van der Waals surface area contributed by atoms with Gasteiger partial charge < -0.3 is 10.6 Å². The zero-order valence-electron chi connectivity index (χ0n) is 11.9. The van der Waals surface area contributed by atoms with Gasteiger partial charge in [-0.2, -0.15) is 0 Å². The predicted molar refractivity (Wildman–Crippen MR) is 82.1 cm³/mol. The van der Waals surface area contributed by atoms with Crippen molar-refractivity contribution >= 4 is 24.0 Å². The molecule has 1 aromatic rings. The van der Waals surface area contributed by atoms with E-state index in [-0.39, 0.29) is 24.2 Å². The van der Waals surface area contributed by atoms with Gasteiger partial charge in [0.15, 0.2) is 0 Å². The summed E-state index contributed by atoms with van der Waals surface area (Å²) in [4.78, 5) is 12.2. The molecule has 1 aromatic carbocycles. The summed E-state index contributed by atoms with van der Waals surface area (Å²) in [7, 11) is 0. The molecular formula is C15H23ClN2O. The van der Waals surface area contributed by atoms with Crippen molar-refractivity contribution in [3.05, 3.63) is 28.8 Å². The van der Waals surface area contributed by atoms with Gasteiger partial charge in [0.05, 0.1) is 5.92 Å². The Labute approximate surface area is 121 Å². The molecular weight excluding hydrogens is 260 g/mol. The second-order valence-electron chi connectivity index (χ2n) is 5.31. The zero-order chi connectivity index (χ0) is 13.1. The van der Waals surface area contributed by atoms with E-state index >= 15 is 0 Å². The molecule has 0 saturated carbocycles. The van der Waals surface area contributed by atoms with Crippen LogP contribution in [0.2, 0.25) is 0 Å². The molecule has 0 spiro atoms. The lowest BCUT2D eigenvalue weighted by Gasteiger charge is -2.23. The molecule has 0 bridgehead atoms. The van der Waals surface area contributed by atoms with E-state index in [1.807, 2.05) is 0 Å². The maximum absolute atomic E-state index is 12.2. The van der Waals surface area contributed by atoms with Crippen LogP contribution in [0, 0.1) is 26.7 Å². The number of hydrogen-bond donors (Lipinski definition) is 2. The number of aryl methyl sites for hydroxylation is 3. The van der Waals surface area contributed by atoms with E-state index in [0.29, 0.717) is 0 Å². The minimum atomic E-state index is 0. The molecule has 4 heteroatoms. The van der Waals surface area contributed by atoms with Crippen LogP contribution >= 0.6 is 12.4 Å². The highest BCUT2D eigenvalue weighted by atomic mass is 35.5. The summed E-state index contributed by atoms with van der Waals surface area (Å²) in [6.45, 7) is 8.02. The number of carbonyl (C=O) groups is 1. The summed E-state index contributed by atoms with van der Waals surface area (Å²) in [5.41, 5.74) is 4.51. The van der Waals surface area contributed by atoms with Crippen LogP contribution in [0.5, 0.6) is 0 Å². The third-order valence-corrected chi connectivity index (χ3v) is 3.59. The SMILES string of the molecule is Cc1cc(C)c(NC(=O)[C@@H]2CCCNC2)c(C)c1.Cl. The number of hydrogen-bond acceptors (Lipinski definition) is 2. The molecule has 1 saturated heterocycles. The average Bonchev–Trinajstić information content (AvgIpc) is 2.34. The first-order chi connectivity index (χ1) is 8.58. The zero-order valence-corrected chi connectivity index (χ0v) is 12.7. The van der Waals surface area contributed by atoms with Crippen LogP contribution in [0.4, 0.5) is 5.69 Å². The number of piperidine rings is 1. The van der Waals surface area contributed by atoms with Gasteiger partial charge in [0.2, 0.25) is 5.91 Å². The second kappa shape index (κ2) is 6.92. The molecule has 0 unspecified atom stereocenters. The molecule has 1 atom stereocenters. The summed E-state index contributed by atoms with van der Waals surface area (Å²) in [6.07, 6.45) is 2.08. The van der Waals surface area contributed by atoms with Crippen molar-refractivity contribution in [2.45, 2.75) is 33.6 Å². The van der Waals surface area contributed by atoms with Crippen molar-refractivity contribution in [1.82, 2.24) is 5.32 Å². The largest absolute Gasteiger partial charge is 0.325 e. The first-order valence-corrected chi connectivity index (χ1v) is 6.67. The Bertz CT molecular complexity index is 430. The molecule has 3 nitrogen and oxygen atoms in total. The molecule has 1 aliphatic rings. The summed E-state index contributed by atoms with van der Waals surface area (Å²) >= 11 is 0. The molecule has 0 radical (unpaired) electrons. The topological polar surface area (TPSA) is 41.1 Å². The summed E-state index contributed by atoms with van der Waals surface area (Å²) < 4.78 is 0. The van der Waals surface area contributed by atoms with E-state index in [0.717, 1.165) is 42.7 Å². The van der Waals surface area contributed by atoms with Crippen LogP contribution in [0.3, 0.4) is 0 Å². The maximum Gasteiger partial charge on any atom is 0.228 e. The maximum atomic E-state index is 12.2. The fourth-order valence-corrected chi connectivity index (χ4v) is 2.68. The van der Waals surface area contributed by atoms with Gasteiger partial charge >= 0.3 is 0 Å². The molecule has 106 valence electrons. The fraction of sp³-hybridized carbons (Fsp3) is 0.533. The lowest BCUT2D eigenvalue weighted by Crippen LogP contribution is -2.37. The van der Waals surface area contributed by atoms with Gasteiger partial charge in [-0.15, -0.1) is 12.4 Å². The smallest absolute Gasteiger partial charge is 0.228 e. The summed E-state index contributed by atoms with van der Waals surface area (Å²) in [6, 6.07) is 4.23. The first-order valence-electron chi connectivity index (χ1n) is 6.67. The van der Waals surface area contributed by atoms with E-state index in [1.54, 1.807) is 0 Å². The number of anilines is 1. The van der Waals surface area contributed by atoms with Crippen LogP contribution in [-0.2, 0) is 4.79 Å². The van der Waals surface area contributed by atoms with Crippen LogP contribution in [0.25, 0.3) is 0 Å². The number of rotatable bonds is 2. The molecule has 0 aliphatic carbocycles. The number of amides is 1. The van der Waals surface area contributed by atoms with Crippen molar-refractivity contribution in [2.24, 2.45) is 5.92 Å². The van der Waals surface area contributed by atoms with Crippen LogP contribution in [0.1, 0.15) is 29.5 Å². The quantitative estimate of drug-likeness (QED) is 0.876. The number of carbonyl (C=O) groups excluding carboxylic acids is 1. The Morgan fingerprint density at radius 2 is 1.89 bits per heavy atom. The highest BCUT2D eigenvalue weighted by Crippen LogP contribution is 2.23. The van der Waals surface area contributed by atoms with Crippen molar-refractivity contribution in [3.8, 4) is 0 Å². The monoisotopic (exact) mass is 282 g/mol. The van der Waals surface area contributed by atoms with Gasteiger partial charge in [-0.05, 0) is 51.3 Å². The minimum Gasteiger partial charge on any atom is -0.325 e. The molecule has 1 fully saturated rings. The first kappa shape index (κ1) is 16.0. The van der Waals surface area contributed by atoms with E-state index in [4.69, 9.17) is 0 Å². The lowest BCUT2D eigenvalue weighted by molar-refractivity contribution is -0.120. The van der Waals surface area contributed by atoms with E-state index in [9.17, 15) is 4.79 Å².